The Kier molecular flexibility index (Phi) is 7.88. The number of aromatic nitrogens is 2. The van der Waals surface area contributed by atoms with E-state index in [-0.39, 0.29) is 28.4 Å². The second-order valence-electron chi connectivity index (χ2n) is 10.4. The predicted molar refractivity (Wildman–Crippen MR) is 139 cm³/mol. The van der Waals surface area contributed by atoms with Crippen LogP contribution in [-0.2, 0) is 38.9 Å². The maximum Gasteiger partial charge on any atom is 0.338 e. The lowest BCUT2D eigenvalue weighted by molar-refractivity contribution is 0.0160. The quantitative estimate of drug-likeness (QED) is 0.401. The van der Waals surface area contributed by atoms with Gasteiger partial charge in [-0.1, -0.05) is 6.07 Å². The molecule has 1 aromatic heterocycles. The Hall–Kier alpha value is -2.76. The van der Waals surface area contributed by atoms with Crippen molar-refractivity contribution in [2.45, 2.75) is 63.3 Å². The van der Waals surface area contributed by atoms with Crippen molar-refractivity contribution in [1.82, 2.24) is 19.4 Å². The van der Waals surface area contributed by atoms with Crippen molar-refractivity contribution in [2.24, 2.45) is 5.41 Å². The fourth-order valence-electron chi connectivity index (χ4n) is 5.71. The third-order valence-corrected chi connectivity index (χ3v) is 9.84. The molecule has 2 aromatic rings. The minimum absolute atomic E-state index is 0.0254. The third-order valence-electron chi connectivity index (χ3n) is 7.94. The number of rotatable bonds is 8. The van der Waals surface area contributed by atoms with Crippen molar-refractivity contribution in [3.05, 3.63) is 46.8 Å². The Labute approximate surface area is 223 Å². The number of hydrogen-bond acceptors (Lipinski definition) is 7. The van der Waals surface area contributed by atoms with Crippen LogP contribution in [0.5, 0.6) is 0 Å². The van der Waals surface area contributed by atoms with Gasteiger partial charge in [0, 0.05) is 45.0 Å². The van der Waals surface area contributed by atoms with Gasteiger partial charge in [-0.3, -0.25) is 9.48 Å². The van der Waals surface area contributed by atoms with E-state index < -0.39 is 16.0 Å². The van der Waals surface area contributed by atoms with E-state index >= 15 is 0 Å². The molecular weight excluding hydrogens is 508 g/mol. The summed E-state index contributed by atoms with van der Waals surface area (Å²) in [5.74, 6) is -0.638. The Morgan fingerprint density at radius 2 is 1.97 bits per heavy atom. The molecule has 0 radical (unpaired) electrons. The van der Waals surface area contributed by atoms with Crippen LogP contribution < -0.4 is 5.32 Å². The topological polar surface area (TPSA) is 120 Å². The molecule has 0 bridgehead atoms. The summed E-state index contributed by atoms with van der Waals surface area (Å²) in [5, 5.41) is 7.86. The molecule has 0 unspecified atom stereocenters. The van der Waals surface area contributed by atoms with Gasteiger partial charge in [-0.15, -0.1) is 0 Å². The molecule has 1 spiro atoms. The number of aryl methyl sites for hydroxylation is 2. The summed E-state index contributed by atoms with van der Waals surface area (Å²) in [5.41, 5.74) is 2.70. The first-order chi connectivity index (χ1) is 18.3. The molecule has 10 nitrogen and oxygen atoms in total. The van der Waals surface area contributed by atoms with Crippen molar-refractivity contribution in [3.63, 3.8) is 0 Å². The smallest absolute Gasteiger partial charge is 0.338 e. The van der Waals surface area contributed by atoms with Crippen LogP contribution in [0.1, 0.15) is 71.1 Å². The van der Waals surface area contributed by atoms with Gasteiger partial charge < -0.3 is 14.8 Å². The van der Waals surface area contributed by atoms with Crippen molar-refractivity contribution in [1.29, 1.82) is 0 Å². The fourth-order valence-corrected chi connectivity index (χ4v) is 7.28. The molecule has 3 aliphatic heterocycles. The van der Waals surface area contributed by atoms with Crippen LogP contribution in [-0.4, -0.2) is 73.8 Å². The first kappa shape index (κ1) is 26.8. The lowest BCUT2D eigenvalue weighted by atomic mass is 9.75. The van der Waals surface area contributed by atoms with Crippen LogP contribution in [0.25, 0.3) is 0 Å². The summed E-state index contributed by atoms with van der Waals surface area (Å²) in [6, 6.07) is 6.05. The zero-order valence-corrected chi connectivity index (χ0v) is 22.7. The van der Waals surface area contributed by atoms with Gasteiger partial charge in [-0.25, -0.2) is 13.2 Å². The van der Waals surface area contributed by atoms with E-state index in [0.717, 1.165) is 43.4 Å². The second-order valence-corrected chi connectivity index (χ2v) is 12.4. The molecule has 1 amide bonds. The lowest BCUT2D eigenvalue weighted by Crippen LogP contribution is -2.40. The fraction of sp³-hybridized carbons (Fsp3) is 0.593. The molecule has 0 saturated carbocycles. The van der Waals surface area contributed by atoms with Gasteiger partial charge in [0.1, 0.15) is 5.69 Å². The van der Waals surface area contributed by atoms with Crippen LogP contribution in [0.3, 0.4) is 0 Å². The number of esters is 1. The van der Waals surface area contributed by atoms with Gasteiger partial charge in [-0.05, 0) is 75.5 Å². The van der Waals surface area contributed by atoms with Gasteiger partial charge >= 0.3 is 5.97 Å². The Morgan fingerprint density at radius 1 is 1.21 bits per heavy atom. The number of hydrogen-bond donors (Lipinski definition) is 1. The van der Waals surface area contributed by atoms with E-state index in [1.165, 1.54) is 16.4 Å². The maximum absolute atomic E-state index is 13.0. The minimum atomic E-state index is -3.61. The highest BCUT2D eigenvalue weighted by Gasteiger charge is 2.39. The van der Waals surface area contributed by atoms with E-state index in [9.17, 15) is 18.0 Å². The number of nitrogens with zero attached hydrogens (tertiary/aromatic N) is 3. The number of fused-ring (bicyclic) bond motifs is 1. The Balaban J connectivity index is 1.24. The first-order valence-corrected chi connectivity index (χ1v) is 15.0. The van der Waals surface area contributed by atoms with Gasteiger partial charge in [0.05, 0.1) is 22.8 Å². The average Bonchev–Trinajstić information content (AvgIpc) is 3.57. The third kappa shape index (κ3) is 5.37. The molecule has 3 aliphatic rings. The summed E-state index contributed by atoms with van der Waals surface area (Å²) in [6.07, 6.45) is 5.38. The number of carbonyl (C=O) groups excluding carboxylic acids is 2. The molecule has 5 rings (SSSR count). The molecule has 2 fully saturated rings. The number of amides is 1. The zero-order valence-electron chi connectivity index (χ0n) is 21.9. The summed E-state index contributed by atoms with van der Waals surface area (Å²) in [7, 11) is -3.61. The summed E-state index contributed by atoms with van der Waals surface area (Å²) < 4.78 is 40.0. The SMILES string of the molecule is CCn1nc(CCCOC(=O)c2cccc(S(=O)(=O)N3CCCC3)c2)c2c1C(=O)NCC1(CCOCC1)C2. The average molecular weight is 545 g/mol. The van der Waals surface area contributed by atoms with Gasteiger partial charge in [0.15, 0.2) is 0 Å². The molecule has 206 valence electrons. The van der Waals surface area contributed by atoms with E-state index in [0.29, 0.717) is 57.9 Å². The summed E-state index contributed by atoms with van der Waals surface area (Å²) >= 11 is 0. The molecule has 2 saturated heterocycles. The van der Waals surface area contributed by atoms with Gasteiger partial charge in [-0.2, -0.15) is 9.40 Å². The molecule has 11 heteroatoms. The number of nitrogens with one attached hydrogen (secondary N) is 1. The van der Waals surface area contributed by atoms with Crippen LogP contribution in [0, 0.1) is 5.41 Å². The normalized spacial score (nSPS) is 19.7. The molecule has 1 aromatic carbocycles. The Morgan fingerprint density at radius 3 is 2.71 bits per heavy atom. The van der Waals surface area contributed by atoms with Crippen LogP contribution in [0.2, 0.25) is 0 Å². The molecule has 0 atom stereocenters. The van der Waals surface area contributed by atoms with Crippen LogP contribution >= 0.6 is 0 Å². The van der Waals surface area contributed by atoms with E-state index in [2.05, 4.69) is 5.32 Å². The highest BCUT2D eigenvalue weighted by molar-refractivity contribution is 7.89. The van der Waals surface area contributed by atoms with Crippen molar-refractivity contribution >= 4 is 21.9 Å². The molecule has 38 heavy (non-hydrogen) atoms. The molecule has 1 N–H and O–H groups in total. The maximum atomic E-state index is 13.0. The predicted octanol–water partition coefficient (Wildman–Crippen LogP) is 2.56. The van der Waals surface area contributed by atoms with E-state index in [1.807, 2.05) is 6.92 Å². The monoisotopic (exact) mass is 544 g/mol. The summed E-state index contributed by atoms with van der Waals surface area (Å²) in [4.78, 5) is 25.8. The van der Waals surface area contributed by atoms with E-state index in [1.54, 1.807) is 16.8 Å². The zero-order chi connectivity index (χ0) is 26.8. The molecule has 0 aliphatic carbocycles. The van der Waals surface area contributed by atoms with Crippen LogP contribution in [0.4, 0.5) is 0 Å². The minimum Gasteiger partial charge on any atom is -0.462 e. The number of benzene rings is 1. The van der Waals surface area contributed by atoms with Crippen molar-refractivity contribution < 1.29 is 27.5 Å². The number of sulfonamides is 1. The van der Waals surface area contributed by atoms with Gasteiger partial charge in [0.2, 0.25) is 10.0 Å². The van der Waals surface area contributed by atoms with Crippen molar-refractivity contribution in [3.8, 4) is 0 Å². The molecule has 4 heterocycles. The number of carbonyl (C=O) groups is 2. The first-order valence-electron chi connectivity index (χ1n) is 13.5. The second kappa shape index (κ2) is 11.2. The standard InChI is InChI=1S/C27H36N4O6S/c1-2-31-24-22(18-27(19-28-25(24)32)10-15-36-16-11-27)23(29-31)9-6-14-37-26(33)20-7-5-8-21(17-20)38(34,35)30-12-3-4-13-30/h5,7-8,17H,2-4,6,9-16,18-19H2,1H3,(H,28,32). The number of ether oxygens (including phenoxy) is 2. The summed E-state index contributed by atoms with van der Waals surface area (Å²) in [6.45, 7) is 5.77. The highest BCUT2D eigenvalue weighted by atomic mass is 32.2. The molecular formula is C27H36N4O6S. The highest BCUT2D eigenvalue weighted by Crippen LogP contribution is 2.38. The van der Waals surface area contributed by atoms with E-state index in [4.69, 9.17) is 14.6 Å². The van der Waals surface area contributed by atoms with Gasteiger partial charge in [0.25, 0.3) is 5.91 Å². The Bertz CT molecular complexity index is 1290. The van der Waals surface area contributed by atoms with Crippen LogP contribution in [0.15, 0.2) is 29.2 Å². The van der Waals surface area contributed by atoms with Crippen molar-refractivity contribution in [2.75, 3.05) is 39.5 Å². The lowest BCUT2D eigenvalue weighted by Gasteiger charge is -2.36. The largest absolute Gasteiger partial charge is 0.462 e.